The molecule has 0 radical (unpaired) electrons. The zero-order valence-electron chi connectivity index (χ0n) is 12.2. The van der Waals surface area contributed by atoms with E-state index in [-0.39, 0.29) is 6.03 Å². The number of aromatic amines is 1. The van der Waals surface area contributed by atoms with Crippen LogP contribution in [0.3, 0.4) is 0 Å². The number of piperidine rings is 1. The highest BCUT2D eigenvalue weighted by atomic mass is 16.4. The zero-order chi connectivity index (χ0) is 15.2. The Balaban J connectivity index is 1.86. The number of urea groups is 1. The molecule has 1 aromatic rings. The number of hydrogen-bond acceptors (Lipinski definition) is 3. The number of aromatic nitrogens is 2. The van der Waals surface area contributed by atoms with E-state index in [0.717, 1.165) is 18.7 Å². The lowest BCUT2D eigenvalue weighted by atomic mass is 9.89. The van der Waals surface area contributed by atoms with Gasteiger partial charge in [0.25, 0.3) is 0 Å². The van der Waals surface area contributed by atoms with Gasteiger partial charge in [0.15, 0.2) is 0 Å². The van der Waals surface area contributed by atoms with Crippen LogP contribution in [0.25, 0.3) is 0 Å². The monoisotopic (exact) mass is 294 g/mol. The van der Waals surface area contributed by atoms with Crippen molar-refractivity contribution in [2.24, 2.45) is 5.92 Å². The number of carbonyl (C=O) groups is 2. The van der Waals surface area contributed by atoms with Crippen molar-refractivity contribution in [1.82, 2.24) is 20.2 Å². The molecule has 0 spiro atoms. The molecule has 3 N–H and O–H groups in total. The van der Waals surface area contributed by atoms with E-state index >= 15 is 0 Å². The first kappa shape index (κ1) is 15.3. The van der Waals surface area contributed by atoms with Crippen molar-refractivity contribution in [3.63, 3.8) is 0 Å². The number of H-pyrrole nitrogens is 1. The minimum absolute atomic E-state index is 0.302. The number of aliphatic carboxylic acids is 1. The van der Waals surface area contributed by atoms with Crippen molar-refractivity contribution >= 4 is 12.0 Å². The molecule has 0 bridgehead atoms. The number of amides is 2. The summed E-state index contributed by atoms with van der Waals surface area (Å²) in [5.41, 5.74) is 0. The molecular weight excluding hydrogens is 272 g/mol. The van der Waals surface area contributed by atoms with Crippen LogP contribution in [0, 0.1) is 5.92 Å². The molecule has 7 heteroatoms. The van der Waals surface area contributed by atoms with Gasteiger partial charge in [-0.15, -0.1) is 0 Å². The molecule has 2 atom stereocenters. The summed E-state index contributed by atoms with van der Waals surface area (Å²) in [7, 11) is 0. The van der Waals surface area contributed by atoms with Crippen LogP contribution in [-0.2, 0) is 11.2 Å². The summed E-state index contributed by atoms with van der Waals surface area (Å²) in [6.45, 7) is 3.00. The van der Waals surface area contributed by atoms with Crippen molar-refractivity contribution in [3.05, 3.63) is 18.2 Å². The van der Waals surface area contributed by atoms with Gasteiger partial charge in [-0.2, -0.15) is 0 Å². The molecule has 2 heterocycles. The maximum Gasteiger partial charge on any atom is 0.326 e. The highest BCUT2D eigenvalue weighted by molar-refractivity contribution is 5.82. The Bertz CT molecular complexity index is 475. The van der Waals surface area contributed by atoms with Gasteiger partial charge in [0, 0.05) is 31.9 Å². The van der Waals surface area contributed by atoms with E-state index < -0.39 is 12.0 Å². The number of imidazole rings is 1. The first-order valence-electron chi connectivity index (χ1n) is 7.37. The number of likely N-dealkylation sites (tertiary alicyclic amines) is 1. The fourth-order valence-electron chi connectivity index (χ4n) is 2.71. The summed E-state index contributed by atoms with van der Waals surface area (Å²) in [4.78, 5) is 32.0. The third-order valence-corrected chi connectivity index (χ3v) is 4.03. The van der Waals surface area contributed by atoms with Gasteiger partial charge >= 0.3 is 12.0 Å². The summed E-state index contributed by atoms with van der Waals surface area (Å²) in [6.07, 6.45) is 6.35. The molecule has 0 aromatic carbocycles. The van der Waals surface area contributed by atoms with E-state index in [2.05, 4.69) is 22.2 Å². The second kappa shape index (κ2) is 7.10. The van der Waals surface area contributed by atoms with Gasteiger partial charge in [-0.1, -0.05) is 13.3 Å². The van der Waals surface area contributed by atoms with Crippen molar-refractivity contribution in [1.29, 1.82) is 0 Å². The van der Waals surface area contributed by atoms with Crippen LogP contribution in [0.2, 0.25) is 0 Å². The normalized spacial score (nSPS) is 22.0. The largest absolute Gasteiger partial charge is 0.480 e. The highest BCUT2D eigenvalue weighted by Crippen LogP contribution is 2.25. The number of nitrogens with zero attached hydrogens (tertiary/aromatic N) is 2. The number of hydrogen-bond donors (Lipinski definition) is 3. The Morgan fingerprint density at radius 3 is 3.00 bits per heavy atom. The molecule has 21 heavy (non-hydrogen) atoms. The van der Waals surface area contributed by atoms with Crippen LogP contribution in [0.15, 0.2) is 12.4 Å². The Morgan fingerprint density at radius 1 is 1.57 bits per heavy atom. The Labute approximate surface area is 123 Å². The Hall–Kier alpha value is -2.05. The molecule has 1 saturated heterocycles. The lowest BCUT2D eigenvalue weighted by molar-refractivity contribution is -0.144. The maximum atomic E-state index is 12.2. The minimum atomic E-state index is -0.922. The van der Waals surface area contributed by atoms with Gasteiger partial charge in [0.2, 0.25) is 0 Å². The van der Waals surface area contributed by atoms with Crippen LogP contribution in [-0.4, -0.2) is 51.1 Å². The molecule has 1 fully saturated rings. The summed E-state index contributed by atoms with van der Waals surface area (Å²) in [5.74, 6) is 0.266. The molecule has 2 unspecified atom stereocenters. The van der Waals surface area contributed by atoms with Gasteiger partial charge in [-0.05, 0) is 18.8 Å². The first-order valence-corrected chi connectivity index (χ1v) is 7.37. The lowest BCUT2D eigenvalue weighted by Gasteiger charge is -2.36. The molecule has 7 nitrogen and oxygen atoms in total. The van der Waals surface area contributed by atoms with E-state index in [9.17, 15) is 14.7 Å². The van der Waals surface area contributed by atoms with Crippen LogP contribution < -0.4 is 5.32 Å². The lowest BCUT2D eigenvalue weighted by Crippen LogP contribution is -2.53. The number of rotatable bonds is 5. The van der Waals surface area contributed by atoms with E-state index in [4.69, 9.17) is 0 Å². The molecule has 116 valence electrons. The van der Waals surface area contributed by atoms with Gasteiger partial charge in [-0.3, -0.25) is 0 Å². The molecule has 1 aliphatic rings. The number of carboxylic acid groups (broad SMARTS) is 1. The van der Waals surface area contributed by atoms with E-state index in [1.807, 2.05) is 0 Å². The fraction of sp³-hybridized carbons (Fsp3) is 0.643. The Morgan fingerprint density at radius 2 is 2.38 bits per heavy atom. The van der Waals surface area contributed by atoms with E-state index in [1.54, 1.807) is 12.4 Å². The molecule has 0 saturated carbocycles. The second-order valence-corrected chi connectivity index (χ2v) is 5.36. The fourth-order valence-corrected chi connectivity index (χ4v) is 2.71. The smallest absolute Gasteiger partial charge is 0.326 e. The third kappa shape index (κ3) is 3.96. The SMILES string of the molecule is CCC1CCN(C(=O)NCCc2ncc[nH]2)C(C(=O)O)C1. The molecule has 1 aromatic heterocycles. The average molecular weight is 294 g/mol. The highest BCUT2D eigenvalue weighted by Gasteiger charge is 2.35. The predicted octanol–water partition coefficient (Wildman–Crippen LogP) is 1.24. The quantitative estimate of drug-likeness (QED) is 0.761. The van der Waals surface area contributed by atoms with Crippen LogP contribution in [0.4, 0.5) is 4.79 Å². The summed E-state index contributed by atoms with van der Waals surface area (Å²) < 4.78 is 0. The van der Waals surface area contributed by atoms with Gasteiger partial charge in [-0.25, -0.2) is 14.6 Å². The molecular formula is C14H22N4O3. The minimum Gasteiger partial charge on any atom is -0.480 e. The first-order chi connectivity index (χ1) is 10.1. The summed E-state index contributed by atoms with van der Waals surface area (Å²) >= 11 is 0. The van der Waals surface area contributed by atoms with Gasteiger partial charge in [0.1, 0.15) is 11.9 Å². The van der Waals surface area contributed by atoms with Gasteiger partial charge < -0.3 is 20.3 Å². The van der Waals surface area contributed by atoms with E-state index in [0.29, 0.717) is 31.8 Å². The van der Waals surface area contributed by atoms with Crippen molar-refractivity contribution < 1.29 is 14.7 Å². The summed E-state index contributed by atoms with van der Waals surface area (Å²) in [5, 5.41) is 12.1. The maximum absolute atomic E-state index is 12.2. The predicted molar refractivity (Wildman–Crippen MR) is 76.8 cm³/mol. The Kier molecular flexibility index (Phi) is 5.19. The molecule has 1 aliphatic heterocycles. The number of carbonyl (C=O) groups excluding carboxylic acids is 1. The molecule has 2 amide bonds. The standard InChI is InChI=1S/C14H22N4O3/c1-2-10-4-8-18(11(9-10)13(19)20)14(21)17-5-3-12-15-6-7-16-12/h6-7,10-11H,2-5,8-9H2,1H3,(H,15,16)(H,17,21)(H,19,20). The number of nitrogens with one attached hydrogen (secondary N) is 2. The number of carboxylic acids is 1. The second-order valence-electron chi connectivity index (χ2n) is 5.36. The topological polar surface area (TPSA) is 98.3 Å². The third-order valence-electron chi connectivity index (χ3n) is 4.03. The molecule has 2 rings (SSSR count). The van der Waals surface area contributed by atoms with Crippen molar-refractivity contribution in [2.75, 3.05) is 13.1 Å². The van der Waals surface area contributed by atoms with Crippen molar-refractivity contribution in [2.45, 2.75) is 38.6 Å². The van der Waals surface area contributed by atoms with Crippen LogP contribution >= 0.6 is 0 Å². The van der Waals surface area contributed by atoms with Crippen molar-refractivity contribution in [3.8, 4) is 0 Å². The molecule has 0 aliphatic carbocycles. The van der Waals surface area contributed by atoms with Crippen LogP contribution in [0.1, 0.15) is 32.0 Å². The average Bonchev–Trinajstić information content (AvgIpc) is 2.99. The zero-order valence-corrected chi connectivity index (χ0v) is 12.2. The van der Waals surface area contributed by atoms with Crippen LogP contribution in [0.5, 0.6) is 0 Å². The van der Waals surface area contributed by atoms with Gasteiger partial charge in [0.05, 0.1) is 0 Å². The van der Waals surface area contributed by atoms with E-state index in [1.165, 1.54) is 4.90 Å². The summed E-state index contributed by atoms with van der Waals surface area (Å²) in [6, 6.07) is -1.02.